The number of halogens is 1. The number of nitrogens with zero attached hydrogens (tertiary/aromatic N) is 1. The van der Waals surface area contributed by atoms with Crippen LogP contribution < -0.4 is 15.8 Å². The van der Waals surface area contributed by atoms with Gasteiger partial charge in [0.05, 0.1) is 6.61 Å². The first-order valence-electron chi connectivity index (χ1n) is 7.73. The van der Waals surface area contributed by atoms with Gasteiger partial charge in [0.25, 0.3) is 0 Å². The Balaban J connectivity index is 0.00000441. The SMILES string of the molecule is CC(C)CN=C(N)NCCc1ccc(OCC(C)C)cc1.I. The maximum Gasteiger partial charge on any atom is 0.188 e. The highest BCUT2D eigenvalue weighted by Crippen LogP contribution is 2.13. The topological polar surface area (TPSA) is 59.6 Å². The molecule has 1 rings (SSSR count). The summed E-state index contributed by atoms with van der Waals surface area (Å²) in [6.07, 6.45) is 0.919. The van der Waals surface area contributed by atoms with E-state index < -0.39 is 0 Å². The van der Waals surface area contributed by atoms with Crippen LogP contribution in [0, 0.1) is 11.8 Å². The van der Waals surface area contributed by atoms with Crippen LogP contribution in [0.25, 0.3) is 0 Å². The number of nitrogens with one attached hydrogen (secondary N) is 1. The number of benzene rings is 1. The summed E-state index contributed by atoms with van der Waals surface area (Å²) >= 11 is 0. The number of aliphatic imine (C=N–C) groups is 1. The average molecular weight is 419 g/mol. The van der Waals surface area contributed by atoms with Crippen molar-refractivity contribution in [2.75, 3.05) is 19.7 Å². The molecule has 0 atom stereocenters. The van der Waals surface area contributed by atoms with Crippen LogP contribution in [0.1, 0.15) is 33.3 Å². The third-order valence-electron chi connectivity index (χ3n) is 2.85. The van der Waals surface area contributed by atoms with Crippen LogP contribution >= 0.6 is 24.0 Å². The smallest absolute Gasteiger partial charge is 0.188 e. The largest absolute Gasteiger partial charge is 0.493 e. The molecule has 126 valence electrons. The molecular weight excluding hydrogens is 389 g/mol. The molecule has 5 heteroatoms. The minimum Gasteiger partial charge on any atom is -0.493 e. The van der Waals surface area contributed by atoms with Crippen molar-refractivity contribution in [2.24, 2.45) is 22.6 Å². The van der Waals surface area contributed by atoms with Crippen LogP contribution in [0.4, 0.5) is 0 Å². The van der Waals surface area contributed by atoms with Crippen LogP contribution in [-0.2, 0) is 6.42 Å². The van der Waals surface area contributed by atoms with Crippen molar-refractivity contribution >= 4 is 29.9 Å². The number of hydrogen-bond donors (Lipinski definition) is 2. The fourth-order valence-electron chi connectivity index (χ4n) is 1.69. The number of hydrogen-bond acceptors (Lipinski definition) is 2. The molecule has 0 radical (unpaired) electrons. The molecule has 0 heterocycles. The van der Waals surface area contributed by atoms with Crippen molar-refractivity contribution in [3.05, 3.63) is 29.8 Å². The van der Waals surface area contributed by atoms with E-state index in [2.05, 4.69) is 50.1 Å². The van der Waals surface area contributed by atoms with Gasteiger partial charge in [0, 0.05) is 13.1 Å². The summed E-state index contributed by atoms with van der Waals surface area (Å²) in [6.45, 7) is 10.8. The van der Waals surface area contributed by atoms with Crippen LogP contribution in [0.2, 0.25) is 0 Å². The van der Waals surface area contributed by atoms with Crippen molar-refractivity contribution in [3.8, 4) is 5.75 Å². The number of nitrogens with two attached hydrogens (primary N) is 1. The zero-order valence-electron chi connectivity index (χ0n) is 14.1. The second kappa shape index (κ2) is 11.6. The van der Waals surface area contributed by atoms with E-state index in [1.165, 1.54) is 5.56 Å². The van der Waals surface area contributed by atoms with Gasteiger partial charge in [-0.25, -0.2) is 0 Å². The van der Waals surface area contributed by atoms with E-state index in [4.69, 9.17) is 10.5 Å². The molecule has 0 fully saturated rings. The van der Waals surface area contributed by atoms with E-state index in [1.54, 1.807) is 0 Å². The summed E-state index contributed by atoms with van der Waals surface area (Å²) in [5.74, 6) is 2.53. The van der Waals surface area contributed by atoms with E-state index >= 15 is 0 Å². The third-order valence-corrected chi connectivity index (χ3v) is 2.85. The average Bonchev–Trinajstić information content (AvgIpc) is 2.44. The van der Waals surface area contributed by atoms with Crippen molar-refractivity contribution < 1.29 is 4.74 Å². The van der Waals surface area contributed by atoms with Crippen molar-refractivity contribution in [1.29, 1.82) is 0 Å². The molecule has 22 heavy (non-hydrogen) atoms. The van der Waals surface area contributed by atoms with Crippen LogP contribution in [0.5, 0.6) is 5.75 Å². The van der Waals surface area contributed by atoms with Crippen LogP contribution in [0.15, 0.2) is 29.3 Å². The van der Waals surface area contributed by atoms with Gasteiger partial charge in [-0.3, -0.25) is 4.99 Å². The van der Waals surface area contributed by atoms with Crippen LogP contribution in [-0.4, -0.2) is 25.7 Å². The molecular formula is C17H30IN3O. The molecule has 0 amide bonds. The monoisotopic (exact) mass is 419 g/mol. The summed E-state index contributed by atoms with van der Waals surface area (Å²) in [6, 6.07) is 8.24. The third kappa shape index (κ3) is 9.87. The highest BCUT2D eigenvalue weighted by Gasteiger charge is 1.99. The standard InChI is InChI=1S/C17H29N3O.HI/c1-13(2)11-20-17(18)19-10-9-15-5-7-16(8-6-15)21-12-14(3)4;/h5-8,13-14H,9-12H2,1-4H3,(H3,18,19,20);1H. The van der Waals surface area contributed by atoms with Gasteiger partial charge in [0.2, 0.25) is 0 Å². The first-order chi connectivity index (χ1) is 9.97. The molecule has 0 saturated heterocycles. The quantitative estimate of drug-likeness (QED) is 0.386. The Morgan fingerprint density at radius 3 is 2.32 bits per heavy atom. The van der Waals surface area contributed by atoms with Gasteiger partial charge in [-0.05, 0) is 36.0 Å². The van der Waals surface area contributed by atoms with Gasteiger partial charge in [-0.15, -0.1) is 24.0 Å². The maximum atomic E-state index is 5.80. The molecule has 0 aliphatic rings. The summed E-state index contributed by atoms with van der Waals surface area (Å²) in [5, 5.41) is 3.14. The lowest BCUT2D eigenvalue weighted by atomic mass is 10.1. The fraction of sp³-hybridized carbons (Fsp3) is 0.588. The Morgan fingerprint density at radius 2 is 1.77 bits per heavy atom. The molecule has 3 N–H and O–H groups in total. The van der Waals surface area contributed by atoms with E-state index in [0.717, 1.165) is 31.9 Å². The predicted molar refractivity (Wildman–Crippen MR) is 105 cm³/mol. The van der Waals surface area contributed by atoms with Crippen LogP contribution in [0.3, 0.4) is 0 Å². The Labute approximate surface area is 151 Å². The second-order valence-electron chi connectivity index (χ2n) is 6.15. The minimum atomic E-state index is 0. The first kappa shape index (κ1) is 21.0. The normalized spacial score (nSPS) is 11.5. The molecule has 0 aromatic heterocycles. The van der Waals surface area contributed by atoms with Gasteiger partial charge in [-0.2, -0.15) is 0 Å². The van der Waals surface area contributed by atoms with E-state index in [9.17, 15) is 0 Å². The molecule has 1 aromatic carbocycles. The molecule has 1 aromatic rings. The van der Waals surface area contributed by atoms with E-state index in [0.29, 0.717) is 17.8 Å². The predicted octanol–water partition coefficient (Wildman–Crippen LogP) is 3.44. The minimum absolute atomic E-state index is 0. The number of ether oxygens (including phenoxy) is 1. The van der Waals surface area contributed by atoms with Gasteiger partial charge < -0.3 is 15.8 Å². The van der Waals surface area contributed by atoms with E-state index in [-0.39, 0.29) is 24.0 Å². The molecule has 0 saturated carbocycles. The summed E-state index contributed by atoms with van der Waals surface area (Å²) in [7, 11) is 0. The first-order valence-corrected chi connectivity index (χ1v) is 7.73. The molecule has 0 bridgehead atoms. The lowest BCUT2D eigenvalue weighted by Crippen LogP contribution is -2.33. The summed E-state index contributed by atoms with van der Waals surface area (Å²) in [4.78, 5) is 4.27. The zero-order chi connectivity index (χ0) is 15.7. The zero-order valence-corrected chi connectivity index (χ0v) is 16.5. The highest BCUT2D eigenvalue weighted by molar-refractivity contribution is 14.0. The molecule has 0 unspecified atom stereocenters. The molecule has 0 aliphatic carbocycles. The Hall–Kier alpha value is -0.980. The molecule has 0 spiro atoms. The number of rotatable bonds is 8. The summed E-state index contributed by atoms with van der Waals surface area (Å²) < 4.78 is 5.66. The van der Waals surface area contributed by atoms with Crippen molar-refractivity contribution in [1.82, 2.24) is 5.32 Å². The molecule has 0 aliphatic heterocycles. The lowest BCUT2D eigenvalue weighted by molar-refractivity contribution is 0.271. The van der Waals surface area contributed by atoms with Gasteiger partial charge >= 0.3 is 0 Å². The Kier molecular flexibility index (Phi) is 11.1. The maximum absolute atomic E-state index is 5.80. The Bertz CT molecular complexity index is 430. The van der Waals surface area contributed by atoms with Gasteiger partial charge in [0.15, 0.2) is 5.96 Å². The second-order valence-corrected chi connectivity index (χ2v) is 6.15. The summed E-state index contributed by atoms with van der Waals surface area (Å²) in [5.41, 5.74) is 7.06. The fourth-order valence-corrected chi connectivity index (χ4v) is 1.69. The van der Waals surface area contributed by atoms with Gasteiger partial charge in [0.1, 0.15) is 5.75 Å². The van der Waals surface area contributed by atoms with Crippen molar-refractivity contribution in [3.63, 3.8) is 0 Å². The molecule has 4 nitrogen and oxygen atoms in total. The highest BCUT2D eigenvalue weighted by atomic mass is 127. The van der Waals surface area contributed by atoms with Gasteiger partial charge in [-0.1, -0.05) is 39.8 Å². The lowest BCUT2D eigenvalue weighted by Gasteiger charge is -2.10. The van der Waals surface area contributed by atoms with Crippen molar-refractivity contribution in [2.45, 2.75) is 34.1 Å². The Morgan fingerprint density at radius 1 is 1.14 bits per heavy atom. The van der Waals surface area contributed by atoms with E-state index in [1.807, 2.05) is 12.1 Å². The number of guanidine groups is 1.